The predicted molar refractivity (Wildman–Crippen MR) is 70.3 cm³/mol. The van der Waals surface area contributed by atoms with Gasteiger partial charge in [0.25, 0.3) is 0 Å². The number of aliphatic hydroxyl groups excluding tert-OH is 1. The summed E-state index contributed by atoms with van der Waals surface area (Å²) in [5, 5.41) is 8.81. The Kier molecular flexibility index (Phi) is 6.00. The van der Waals surface area contributed by atoms with Crippen LogP contribution in [-0.2, 0) is 4.79 Å². The third kappa shape index (κ3) is 4.25. The molecule has 0 radical (unpaired) electrons. The number of nitrogens with zero attached hydrogens (tertiary/aromatic N) is 1. The van der Waals surface area contributed by atoms with E-state index in [1.165, 1.54) is 0 Å². The molecule has 1 aromatic rings. The molecule has 0 aromatic heterocycles. The summed E-state index contributed by atoms with van der Waals surface area (Å²) in [5.74, 6) is 0.566. The lowest BCUT2D eigenvalue weighted by Gasteiger charge is -2.19. The van der Waals surface area contributed by atoms with Crippen molar-refractivity contribution in [1.82, 2.24) is 4.90 Å². The van der Waals surface area contributed by atoms with Crippen LogP contribution in [0, 0.1) is 0 Å². The molecule has 0 bridgehead atoms. The summed E-state index contributed by atoms with van der Waals surface area (Å²) in [6, 6.07) is 7.18. The van der Waals surface area contributed by atoms with Gasteiger partial charge in [-0.2, -0.15) is 0 Å². The minimum Gasteiger partial charge on any atom is -0.491 e. The van der Waals surface area contributed by atoms with Crippen LogP contribution in [-0.4, -0.2) is 42.2 Å². The number of amides is 1. The number of carbonyl (C=O) groups excluding carboxylic acids is 1. The average molecular weight is 252 g/mol. The Hall–Kier alpha value is -1.75. The number of ether oxygens (including phenoxy) is 1. The van der Waals surface area contributed by atoms with E-state index in [-0.39, 0.29) is 25.5 Å². The van der Waals surface area contributed by atoms with E-state index in [1.54, 1.807) is 17.0 Å². The molecular formula is C13H20N2O3. The average Bonchev–Trinajstić information content (AvgIpc) is 2.38. The van der Waals surface area contributed by atoms with Gasteiger partial charge in [-0.15, -0.1) is 0 Å². The molecule has 0 saturated heterocycles. The van der Waals surface area contributed by atoms with Crippen LogP contribution in [0.5, 0.6) is 5.75 Å². The molecule has 1 aromatic carbocycles. The molecular weight excluding hydrogens is 232 g/mol. The van der Waals surface area contributed by atoms with Crippen LogP contribution in [0.3, 0.4) is 0 Å². The van der Waals surface area contributed by atoms with Crippen molar-refractivity contribution in [3.05, 3.63) is 24.3 Å². The Morgan fingerprint density at radius 3 is 2.78 bits per heavy atom. The number of nitrogens with two attached hydrogens (primary N) is 1. The van der Waals surface area contributed by atoms with Crippen molar-refractivity contribution in [2.45, 2.75) is 13.3 Å². The van der Waals surface area contributed by atoms with Crippen molar-refractivity contribution in [3.63, 3.8) is 0 Å². The first-order valence-electron chi connectivity index (χ1n) is 6.05. The second kappa shape index (κ2) is 7.55. The summed E-state index contributed by atoms with van der Waals surface area (Å²) < 4.78 is 5.45. The molecule has 0 fully saturated rings. The van der Waals surface area contributed by atoms with Gasteiger partial charge < -0.3 is 20.5 Å². The van der Waals surface area contributed by atoms with Gasteiger partial charge in [0.2, 0.25) is 5.91 Å². The molecule has 0 aliphatic heterocycles. The van der Waals surface area contributed by atoms with Crippen LogP contribution in [0.25, 0.3) is 0 Å². The first kappa shape index (κ1) is 14.3. The number of nitrogen functional groups attached to an aromatic ring is 1. The highest BCUT2D eigenvalue weighted by Crippen LogP contribution is 2.19. The molecule has 5 nitrogen and oxygen atoms in total. The van der Waals surface area contributed by atoms with Crippen LogP contribution >= 0.6 is 0 Å². The highest BCUT2D eigenvalue weighted by molar-refractivity contribution is 5.76. The molecule has 0 heterocycles. The fourth-order valence-corrected chi connectivity index (χ4v) is 1.60. The minimum atomic E-state index is -0.0268. The van der Waals surface area contributed by atoms with E-state index in [1.807, 2.05) is 19.1 Å². The number of rotatable bonds is 7. The lowest BCUT2D eigenvalue weighted by molar-refractivity contribution is -0.132. The van der Waals surface area contributed by atoms with Crippen molar-refractivity contribution in [1.29, 1.82) is 0 Å². The lowest BCUT2D eigenvalue weighted by Crippen LogP contribution is -2.34. The number of aliphatic hydroxyl groups is 1. The monoisotopic (exact) mass is 252 g/mol. The second-order valence-electron chi connectivity index (χ2n) is 3.83. The zero-order valence-electron chi connectivity index (χ0n) is 10.6. The minimum absolute atomic E-state index is 0.0218. The maximum absolute atomic E-state index is 11.7. The maximum Gasteiger partial charge on any atom is 0.226 e. The summed E-state index contributed by atoms with van der Waals surface area (Å²) in [7, 11) is 0. The third-order valence-corrected chi connectivity index (χ3v) is 2.60. The van der Waals surface area contributed by atoms with Crippen molar-refractivity contribution >= 4 is 11.6 Å². The van der Waals surface area contributed by atoms with Crippen molar-refractivity contribution in [2.24, 2.45) is 0 Å². The van der Waals surface area contributed by atoms with Gasteiger partial charge in [0.05, 0.1) is 25.3 Å². The van der Waals surface area contributed by atoms with Crippen LogP contribution in [0.15, 0.2) is 24.3 Å². The van der Waals surface area contributed by atoms with Gasteiger partial charge in [-0.3, -0.25) is 4.79 Å². The van der Waals surface area contributed by atoms with E-state index in [0.717, 1.165) is 0 Å². The highest BCUT2D eigenvalue weighted by atomic mass is 16.5. The predicted octanol–water partition coefficient (Wildman–Crippen LogP) is 0.878. The van der Waals surface area contributed by atoms with E-state index < -0.39 is 0 Å². The van der Waals surface area contributed by atoms with E-state index in [4.69, 9.17) is 15.6 Å². The van der Waals surface area contributed by atoms with Gasteiger partial charge in [-0.1, -0.05) is 12.1 Å². The first-order chi connectivity index (χ1) is 8.69. The zero-order valence-corrected chi connectivity index (χ0v) is 10.6. The Morgan fingerprint density at radius 1 is 1.44 bits per heavy atom. The number of carbonyl (C=O) groups is 1. The zero-order chi connectivity index (χ0) is 13.4. The third-order valence-electron chi connectivity index (χ3n) is 2.60. The van der Waals surface area contributed by atoms with Crippen molar-refractivity contribution in [2.75, 3.05) is 32.0 Å². The van der Waals surface area contributed by atoms with E-state index in [9.17, 15) is 4.79 Å². The summed E-state index contributed by atoms with van der Waals surface area (Å²) in [4.78, 5) is 13.3. The quantitative estimate of drug-likeness (QED) is 0.706. The normalized spacial score (nSPS) is 10.1. The number of hydrogen-bond donors (Lipinski definition) is 2. The molecule has 0 aliphatic rings. The smallest absolute Gasteiger partial charge is 0.226 e. The van der Waals surface area contributed by atoms with Crippen molar-refractivity contribution < 1.29 is 14.6 Å². The number of likely N-dealkylation sites (N-methyl/N-ethyl adjacent to an activating group) is 1. The molecule has 5 heteroatoms. The molecule has 100 valence electrons. The fraction of sp³-hybridized carbons (Fsp3) is 0.462. The number of benzene rings is 1. The van der Waals surface area contributed by atoms with E-state index >= 15 is 0 Å². The number of para-hydroxylation sites is 2. The van der Waals surface area contributed by atoms with Crippen LogP contribution in [0.4, 0.5) is 5.69 Å². The molecule has 3 N–H and O–H groups in total. The van der Waals surface area contributed by atoms with Gasteiger partial charge in [0.1, 0.15) is 5.75 Å². The second-order valence-corrected chi connectivity index (χ2v) is 3.83. The summed E-state index contributed by atoms with van der Waals surface area (Å²) >= 11 is 0. The summed E-state index contributed by atoms with van der Waals surface area (Å²) in [6.07, 6.45) is 0.280. The molecule has 0 spiro atoms. The SMILES string of the molecule is CCN(CCO)C(=O)CCOc1ccccc1N. The molecule has 0 aliphatic carbocycles. The van der Waals surface area contributed by atoms with Crippen LogP contribution in [0.2, 0.25) is 0 Å². The molecule has 0 saturated carbocycles. The van der Waals surface area contributed by atoms with Gasteiger partial charge >= 0.3 is 0 Å². The van der Waals surface area contributed by atoms with Gasteiger partial charge in [0.15, 0.2) is 0 Å². The largest absolute Gasteiger partial charge is 0.491 e. The van der Waals surface area contributed by atoms with Gasteiger partial charge in [-0.05, 0) is 19.1 Å². The summed E-state index contributed by atoms with van der Waals surface area (Å²) in [6.45, 7) is 3.10. The highest BCUT2D eigenvalue weighted by Gasteiger charge is 2.10. The van der Waals surface area contributed by atoms with E-state index in [0.29, 0.717) is 24.5 Å². The topological polar surface area (TPSA) is 75.8 Å². The van der Waals surface area contributed by atoms with Crippen LogP contribution in [0.1, 0.15) is 13.3 Å². The Labute approximate surface area is 107 Å². The van der Waals surface area contributed by atoms with Crippen LogP contribution < -0.4 is 10.5 Å². The van der Waals surface area contributed by atoms with Gasteiger partial charge in [-0.25, -0.2) is 0 Å². The molecule has 0 atom stereocenters. The molecule has 1 amide bonds. The first-order valence-corrected chi connectivity index (χ1v) is 6.05. The molecule has 0 unspecified atom stereocenters. The standard InChI is InChI=1S/C13H20N2O3/c1-2-15(8-9-16)13(17)7-10-18-12-6-4-3-5-11(12)14/h3-6,16H,2,7-10,14H2,1H3. The Balaban J connectivity index is 2.37. The van der Waals surface area contributed by atoms with Gasteiger partial charge in [0, 0.05) is 13.1 Å². The summed E-state index contributed by atoms with van der Waals surface area (Å²) in [5.41, 5.74) is 6.28. The number of anilines is 1. The Bertz CT molecular complexity index is 382. The van der Waals surface area contributed by atoms with Crippen molar-refractivity contribution in [3.8, 4) is 5.75 Å². The molecule has 18 heavy (non-hydrogen) atoms. The lowest BCUT2D eigenvalue weighted by atomic mass is 10.3. The maximum atomic E-state index is 11.7. The Morgan fingerprint density at radius 2 is 2.17 bits per heavy atom. The number of hydrogen-bond acceptors (Lipinski definition) is 4. The van der Waals surface area contributed by atoms with E-state index in [2.05, 4.69) is 0 Å². The fourth-order valence-electron chi connectivity index (χ4n) is 1.60. The molecule has 1 rings (SSSR count).